The molecule has 1 amide bonds. The smallest absolute Gasteiger partial charge is 0.234 e. The second-order valence-corrected chi connectivity index (χ2v) is 8.21. The van der Waals surface area contributed by atoms with Crippen LogP contribution in [0, 0.1) is 0 Å². The Labute approximate surface area is 194 Å². The van der Waals surface area contributed by atoms with E-state index in [-0.39, 0.29) is 35.9 Å². The van der Waals surface area contributed by atoms with Crippen LogP contribution in [0.4, 0.5) is 0 Å². The van der Waals surface area contributed by atoms with Crippen molar-refractivity contribution in [1.29, 1.82) is 0 Å². The van der Waals surface area contributed by atoms with Gasteiger partial charge in [-0.2, -0.15) is 0 Å². The molecule has 1 saturated carbocycles. The van der Waals surface area contributed by atoms with E-state index in [1.165, 1.54) is 38.5 Å². The number of amides is 1. The van der Waals surface area contributed by atoms with E-state index in [1.54, 1.807) is 0 Å². The van der Waals surface area contributed by atoms with Crippen molar-refractivity contribution in [3.05, 3.63) is 0 Å². The zero-order valence-electron chi connectivity index (χ0n) is 18.6. The summed E-state index contributed by atoms with van der Waals surface area (Å²) in [4.78, 5) is 21.2. The first-order valence-electron chi connectivity index (χ1n) is 11.2. The maximum atomic E-state index is 11.9. The second-order valence-electron chi connectivity index (χ2n) is 8.21. The third-order valence-electron chi connectivity index (χ3n) is 5.33. The Morgan fingerprint density at radius 1 is 1.10 bits per heavy atom. The molecule has 2 rings (SSSR count). The maximum Gasteiger partial charge on any atom is 0.234 e. The van der Waals surface area contributed by atoms with Gasteiger partial charge in [-0.15, -0.1) is 24.0 Å². The quantitative estimate of drug-likeness (QED) is 0.168. The highest BCUT2D eigenvalue weighted by atomic mass is 127. The van der Waals surface area contributed by atoms with Crippen molar-refractivity contribution in [2.45, 2.75) is 71.4 Å². The highest BCUT2D eigenvalue weighted by molar-refractivity contribution is 14.0. The summed E-state index contributed by atoms with van der Waals surface area (Å²) in [7, 11) is 0. The molecule has 0 aromatic heterocycles. The van der Waals surface area contributed by atoms with Crippen molar-refractivity contribution in [1.82, 2.24) is 20.4 Å². The molecule has 0 bridgehead atoms. The first-order chi connectivity index (χ1) is 13.6. The Morgan fingerprint density at radius 3 is 2.34 bits per heavy atom. The Hall–Kier alpha value is -0.610. The number of rotatable bonds is 8. The van der Waals surface area contributed by atoms with Gasteiger partial charge in [-0.1, -0.05) is 25.7 Å². The number of carbonyl (C=O) groups is 1. The molecule has 0 unspecified atom stereocenters. The van der Waals surface area contributed by atoms with Gasteiger partial charge in [0.15, 0.2) is 5.96 Å². The standard InChI is InChI=1S/C21H41N5O2.HI/c1-4-22-21(23-11-16-28-19-9-7-5-6-8-10-19)26-14-12-25(13-15-26)17-20(27)24-18(2)3;/h18-19H,4-17H2,1-3H3,(H,22,23)(H,24,27);1H. The minimum Gasteiger partial charge on any atom is -0.376 e. The van der Waals surface area contributed by atoms with Gasteiger partial charge in [0.05, 0.1) is 25.8 Å². The van der Waals surface area contributed by atoms with Gasteiger partial charge in [0.2, 0.25) is 5.91 Å². The van der Waals surface area contributed by atoms with Crippen molar-refractivity contribution in [3.63, 3.8) is 0 Å². The van der Waals surface area contributed by atoms with Crippen molar-refractivity contribution >= 4 is 35.8 Å². The van der Waals surface area contributed by atoms with E-state index < -0.39 is 0 Å². The average Bonchev–Trinajstić information content (AvgIpc) is 2.93. The lowest BCUT2D eigenvalue weighted by atomic mass is 10.1. The molecule has 0 aromatic rings. The summed E-state index contributed by atoms with van der Waals surface area (Å²) >= 11 is 0. The SMILES string of the molecule is CCNC(=NCCOC1CCCCCC1)N1CCN(CC(=O)NC(C)C)CC1.I. The van der Waals surface area contributed by atoms with Crippen LogP contribution in [0.2, 0.25) is 0 Å². The summed E-state index contributed by atoms with van der Waals surface area (Å²) in [5, 5.41) is 6.37. The molecule has 2 N–H and O–H groups in total. The van der Waals surface area contributed by atoms with E-state index in [0.29, 0.717) is 25.8 Å². The molecule has 0 aromatic carbocycles. The molecule has 2 aliphatic rings. The van der Waals surface area contributed by atoms with Gasteiger partial charge < -0.3 is 20.3 Å². The summed E-state index contributed by atoms with van der Waals surface area (Å²) in [5.74, 6) is 1.08. The zero-order chi connectivity index (χ0) is 20.2. The molecule has 1 heterocycles. The van der Waals surface area contributed by atoms with E-state index >= 15 is 0 Å². The monoisotopic (exact) mass is 523 g/mol. The summed E-state index contributed by atoms with van der Waals surface area (Å²) in [6, 6.07) is 0.196. The van der Waals surface area contributed by atoms with Crippen LogP contribution in [-0.2, 0) is 9.53 Å². The molecule has 1 aliphatic carbocycles. The molecule has 0 atom stereocenters. The third-order valence-corrected chi connectivity index (χ3v) is 5.33. The molecule has 1 aliphatic heterocycles. The van der Waals surface area contributed by atoms with Crippen molar-refractivity contribution in [3.8, 4) is 0 Å². The Balaban J connectivity index is 0.00000420. The fourth-order valence-electron chi connectivity index (χ4n) is 3.89. The zero-order valence-corrected chi connectivity index (χ0v) is 21.0. The molecular formula is C21H42IN5O2. The van der Waals surface area contributed by atoms with Gasteiger partial charge in [0.1, 0.15) is 0 Å². The Bertz CT molecular complexity index is 474. The predicted molar refractivity (Wildman–Crippen MR) is 130 cm³/mol. The summed E-state index contributed by atoms with van der Waals surface area (Å²) < 4.78 is 6.07. The lowest BCUT2D eigenvalue weighted by Crippen LogP contribution is -2.54. The van der Waals surface area contributed by atoms with E-state index in [1.807, 2.05) is 13.8 Å². The molecule has 8 heteroatoms. The van der Waals surface area contributed by atoms with Crippen LogP contribution in [0.15, 0.2) is 4.99 Å². The number of hydrogen-bond acceptors (Lipinski definition) is 4. The number of hydrogen-bond donors (Lipinski definition) is 2. The molecule has 7 nitrogen and oxygen atoms in total. The second kappa shape index (κ2) is 15.2. The minimum absolute atomic E-state index is 0. The lowest BCUT2D eigenvalue weighted by molar-refractivity contribution is -0.123. The van der Waals surface area contributed by atoms with Gasteiger partial charge in [0, 0.05) is 38.8 Å². The first-order valence-corrected chi connectivity index (χ1v) is 11.2. The van der Waals surface area contributed by atoms with Crippen molar-refractivity contribution in [2.24, 2.45) is 4.99 Å². The number of piperazine rings is 1. The lowest BCUT2D eigenvalue weighted by Gasteiger charge is -2.36. The summed E-state index contributed by atoms with van der Waals surface area (Å²) in [6.45, 7) is 12.4. The number of halogens is 1. The van der Waals surface area contributed by atoms with Gasteiger partial charge in [-0.3, -0.25) is 14.7 Å². The molecule has 0 radical (unpaired) electrons. The van der Waals surface area contributed by atoms with Crippen LogP contribution in [0.25, 0.3) is 0 Å². The van der Waals surface area contributed by atoms with E-state index in [2.05, 4.69) is 27.4 Å². The summed E-state index contributed by atoms with van der Waals surface area (Å²) in [5.41, 5.74) is 0. The van der Waals surface area contributed by atoms with Crippen LogP contribution in [-0.4, -0.2) is 86.2 Å². The van der Waals surface area contributed by atoms with Crippen LogP contribution in [0.3, 0.4) is 0 Å². The van der Waals surface area contributed by atoms with Gasteiger partial charge >= 0.3 is 0 Å². The summed E-state index contributed by atoms with van der Waals surface area (Å²) in [6.07, 6.45) is 8.15. The number of guanidine groups is 1. The maximum absolute atomic E-state index is 11.9. The molecule has 2 fully saturated rings. The van der Waals surface area contributed by atoms with Gasteiger partial charge in [-0.05, 0) is 33.6 Å². The van der Waals surface area contributed by atoms with E-state index in [4.69, 9.17) is 9.73 Å². The van der Waals surface area contributed by atoms with Crippen molar-refractivity contribution < 1.29 is 9.53 Å². The fourth-order valence-corrected chi connectivity index (χ4v) is 3.89. The van der Waals surface area contributed by atoms with Gasteiger partial charge in [-0.25, -0.2) is 0 Å². The number of nitrogens with zero attached hydrogens (tertiary/aromatic N) is 3. The van der Waals surface area contributed by atoms with Crippen LogP contribution in [0.5, 0.6) is 0 Å². The Morgan fingerprint density at radius 2 is 1.76 bits per heavy atom. The number of aliphatic imine (C=N–C) groups is 1. The van der Waals surface area contributed by atoms with Crippen molar-refractivity contribution in [2.75, 3.05) is 52.4 Å². The number of nitrogens with one attached hydrogen (secondary N) is 2. The molecule has 170 valence electrons. The predicted octanol–water partition coefficient (Wildman–Crippen LogP) is 2.45. The normalized spacial score (nSPS) is 19.6. The van der Waals surface area contributed by atoms with Crippen LogP contribution < -0.4 is 10.6 Å². The first kappa shape index (κ1) is 26.4. The number of ether oxygens (including phenoxy) is 1. The highest BCUT2D eigenvalue weighted by Gasteiger charge is 2.21. The molecule has 1 saturated heterocycles. The third kappa shape index (κ3) is 10.8. The number of carbonyl (C=O) groups excluding carboxylic acids is 1. The molecule has 0 spiro atoms. The fraction of sp³-hybridized carbons (Fsp3) is 0.905. The Kier molecular flexibility index (Phi) is 13.9. The highest BCUT2D eigenvalue weighted by Crippen LogP contribution is 2.19. The molecular weight excluding hydrogens is 481 g/mol. The van der Waals surface area contributed by atoms with E-state index in [0.717, 1.165) is 38.7 Å². The van der Waals surface area contributed by atoms with Gasteiger partial charge in [0.25, 0.3) is 0 Å². The van der Waals surface area contributed by atoms with E-state index in [9.17, 15) is 4.79 Å². The largest absolute Gasteiger partial charge is 0.376 e. The molecule has 29 heavy (non-hydrogen) atoms. The average molecular weight is 524 g/mol. The van der Waals surface area contributed by atoms with Crippen LogP contribution in [0.1, 0.15) is 59.3 Å². The minimum atomic E-state index is 0. The topological polar surface area (TPSA) is 69.2 Å². The van der Waals surface area contributed by atoms with Crippen LogP contribution >= 0.6 is 24.0 Å².